The molecule has 4 nitrogen and oxygen atoms in total. The molecule has 1 saturated heterocycles. The molecule has 1 fully saturated rings. The van der Waals surface area contributed by atoms with E-state index >= 15 is 0 Å². The molecule has 128 valence electrons. The van der Waals surface area contributed by atoms with Gasteiger partial charge in [0.2, 0.25) is 0 Å². The lowest BCUT2D eigenvalue weighted by atomic mass is 9.66. The van der Waals surface area contributed by atoms with Crippen LogP contribution in [0.4, 0.5) is 13.2 Å². The Morgan fingerprint density at radius 2 is 1.79 bits per heavy atom. The zero-order chi connectivity index (χ0) is 17.6. The van der Waals surface area contributed by atoms with Gasteiger partial charge in [-0.15, -0.1) is 0 Å². The lowest BCUT2D eigenvalue weighted by Crippen LogP contribution is -2.42. The van der Waals surface area contributed by atoms with Crippen LogP contribution in [-0.2, 0) is 19.7 Å². The van der Waals surface area contributed by atoms with Crippen molar-refractivity contribution in [3.8, 4) is 0 Å². The standard InChI is InChI=1S/C15H15BF3NO3S/c16-20-9-7-14(8-10-20)6-5-13(11-3-1-2-4-12(11)14)23-24(21,22)15(17,18)19/h1-5H,6-10H2. The third-order valence-corrected chi connectivity index (χ3v) is 5.65. The number of allylic oxidation sites excluding steroid dienone is 1. The van der Waals surface area contributed by atoms with Crippen molar-refractivity contribution in [2.24, 2.45) is 0 Å². The molecule has 0 atom stereocenters. The van der Waals surface area contributed by atoms with Gasteiger partial charge in [-0.3, -0.25) is 0 Å². The van der Waals surface area contributed by atoms with Crippen molar-refractivity contribution >= 4 is 23.9 Å². The smallest absolute Gasteiger partial charge is 0.376 e. The number of hydrogen-bond donors (Lipinski definition) is 0. The monoisotopic (exact) mass is 357 g/mol. The second kappa shape index (κ2) is 5.80. The van der Waals surface area contributed by atoms with Crippen LogP contribution in [-0.4, -0.2) is 39.8 Å². The average Bonchev–Trinajstić information content (AvgIpc) is 2.52. The molecule has 1 aliphatic carbocycles. The fraction of sp³-hybridized carbons (Fsp3) is 0.467. The van der Waals surface area contributed by atoms with E-state index in [1.165, 1.54) is 6.08 Å². The lowest BCUT2D eigenvalue weighted by molar-refractivity contribution is -0.0509. The van der Waals surface area contributed by atoms with Crippen LogP contribution in [0.5, 0.6) is 0 Å². The quantitative estimate of drug-likeness (QED) is 0.464. The number of halogens is 3. The summed E-state index contributed by atoms with van der Waals surface area (Å²) in [4.78, 5) is 1.71. The van der Waals surface area contributed by atoms with Crippen LogP contribution in [0.1, 0.15) is 30.4 Å². The molecule has 1 aromatic rings. The van der Waals surface area contributed by atoms with E-state index in [0.29, 0.717) is 25.1 Å². The van der Waals surface area contributed by atoms with Gasteiger partial charge in [-0.2, -0.15) is 21.6 Å². The second-order valence-electron chi connectivity index (χ2n) is 6.12. The fourth-order valence-corrected chi connectivity index (χ4v) is 3.83. The molecule has 0 saturated carbocycles. The number of hydrogen-bond acceptors (Lipinski definition) is 4. The Labute approximate surface area is 139 Å². The van der Waals surface area contributed by atoms with E-state index in [1.54, 1.807) is 23.0 Å². The van der Waals surface area contributed by atoms with Crippen LogP contribution in [0.3, 0.4) is 0 Å². The van der Waals surface area contributed by atoms with Crippen LogP contribution in [0, 0.1) is 0 Å². The molecular weight excluding hydrogens is 342 g/mol. The molecule has 3 rings (SSSR count). The molecule has 0 N–H and O–H groups in total. The molecule has 0 amide bonds. The molecule has 1 heterocycles. The van der Waals surface area contributed by atoms with Gasteiger partial charge in [0.05, 0.1) is 0 Å². The summed E-state index contributed by atoms with van der Waals surface area (Å²) in [6, 6.07) is 6.84. The molecule has 2 aliphatic rings. The van der Waals surface area contributed by atoms with E-state index in [4.69, 9.17) is 7.98 Å². The third-order valence-electron chi connectivity index (χ3n) is 4.68. The van der Waals surface area contributed by atoms with Gasteiger partial charge in [-0.1, -0.05) is 24.3 Å². The first-order chi connectivity index (χ1) is 11.1. The molecule has 1 aliphatic heterocycles. The maximum atomic E-state index is 12.6. The van der Waals surface area contributed by atoms with Gasteiger partial charge >= 0.3 is 15.6 Å². The highest BCUT2D eigenvalue weighted by Crippen LogP contribution is 2.46. The Bertz CT molecular complexity index is 768. The number of fused-ring (bicyclic) bond motifs is 2. The van der Waals surface area contributed by atoms with Gasteiger partial charge in [0.1, 0.15) is 5.76 Å². The van der Waals surface area contributed by atoms with Gasteiger partial charge in [0.15, 0.2) is 7.98 Å². The van der Waals surface area contributed by atoms with Gasteiger partial charge in [0.25, 0.3) is 0 Å². The molecule has 9 heteroatoms. The SMILES string of the molecule is [B]N1CCC2(CC=C(OS(=O)(=O)C(F)(F)F)c3ccccc32)CC1. The minimum atomic E-state index is -5.69. The molecule has 1 spiro atoms. The predicted molar refractivity (Wildman–Crippen MR) is 83.3 cm³/mol. The van der Waals surface area contributed by atoms with Crippen LogP contribution in [0.2, 0.25) is 0 Å². The normalized spacial score (nSPS) is 21.2. The van der Waals surface area contributed by atoms with Crippen LogP contribution < -0.4 is 0 Å². The van der Waals surface area contributed by atoms with Crippen LogP contribution in [0.25, 0.3) is 5.76 Å². The number of benzene rings is 1. The highest BCUT2D eigenvalue weighted by molar-refractivity contribution is 7.87. The summed E-state index contributed by atoms with van der Waals surface area (Å²) in [5, 5.41) is 0. The number of alkyl halides is 3. The largest absolute Gasteiger partial charge is 0.534 e. The van der Waals surface area contributed by atoms with Gasteiger partial charge in [0, 0.05) is 11.0 Å². The number of piperidine rings is 1. The zero-order valence-electron chi connectivity index (χ0n) is 12.7. The number of rotatable bonds is 2. The van der Waals surface area contributed by atoms with E-state index in [1.807, 2.05) is 6.07 Å². The van der Waals surface area contributed by atoms with Crippen molar-refractivity contribution in [3.63, 3.8) is 0 Å². The van der Waals surface area contributed by atoms with Crippen LogP contribution in [0.15, 0.2) is 30.3 Å². The summed E-state index contributed by atoms with van der Waals surface area (Å²) in [5.41, 5.74) is -4.50. The Balaban J connectivity index is 1.97. The second-order valence-corrected chi connectivity index (χ2v) is 7.66. The van der Waals surface area contributed by atoms with Crippen LogP contribution >= 0.6 is 0 Å². The Kier molecular flexibility index (Phi) is 4.20. The van der Waals surface area contributed by atoms with Crippen molar-refractivity contribution in [1.29, 1.82) is 0 Å². The summed E-state index contributed by atoms with van der Waals surface area (Å²) in [5.74, 6) is -0.260. The molecule has 24 heavy (non-hydrogen) atoms. The minimum absolute atomic E-state index is 0.249. The maximum absolute atomic E-state index is 12.6. The van der Waals surface area contributed by atoms with E-state index in [0.717, 1.165) is 18.4 Å². The molecular formula is C15H15BF3NO3S. The first-order valence-corrected chi connectivity index (χ1v) is 8.86. The zero-order valence-corrected chi connectivity index (χ0v) is 13.5. The van der Waals surface area contributed by atoms with E-state index in [9.17, 15) is 21.6 Å². The molecule has 1 aromatic carbocycles. The van der Waals surface area contributed by atoms with Gasteiger partial charge in [-0.25, -0.2) is 0 Å². The van der Waals surface area contributed by atoms with Crippen molar-refractivity contribution in [3.05, 3.63) is 41.5 Å². The molecule has 0 bridgehead atoms. The summed E-state index contributed by atoms with van der Waals surface area (Å²) in [7, 11) is 0.104. The van der Waals surface area contributed by atoms with Crippen molar-refractivity contribution < 1.29 is 25.8 Å². The highest BCUT2D eigenvalue weighted by Gasteiger charge is 2.50. The molecule has 0 aromatic heterocycles. The van der Waals surface area contributed by atoms with Crippen molar-refractivity contribution in [2.45, 2.75) is 30.2 Å². The Hall–Kier alpha value is -1.48. The van der Waals surface area contributed by atoms with E-state index < -0.39 is 15.6 Å². The minimum Gasteiger partial charge on any atom is -0.376 e. The topological polar surface area (TPSA) is 46.6 Å². The first kappa shape index (κ1) is 17.4. The first-order valence-electron chi connectivity index (χ1n) is 7.45. The Morgan fingerprint density at radius 3 is 2.42 bits per heavy atom. The lowest BCUT2D eigenvalue weighted by Gasteiger charge is -2.44. The molecule has 0 unspecified atom stereocenters. The maximum Gasteiger partial charge on any atom is 0.534 e. The third kappa shape index (κ3) is 2.95. The highest BCUT2D eigenvalue weighted by atomic mass is 32.2. The van der Waals surface area contributed by atoms with Crippen molar-refractivity contribution in [1.82, 2.24) is 4.81 Å². The predicted octanol–water partition coefficient (Wildman–Crippen LogP) is 2.71. The van der Waals surface area contributed by atoms with Crippen molar-refractivity contribution in [2.75, 3.05) is 13.1 Å². The summed E-state index contributed by atoms with van der Waals surface area (Å²) < 4.78 is 64.8. The van der Waals surface area contributed by atoms with E-state index in [2.05, 4.69) is 4.18 Å². The molecule has 2 radical (unpaired) electrons. The van der Waals surface area contributed by atoms with Gasteiger partial charge < -0.3 is 8.99 Å². The Morgan fingerprint density at radius 1 is 1.17 bits per heavy atom. The summed E-state index contributed by atoms with van der Waals surface area (Å²) in [6.07, 6.45) is 3.35. The van der Waals surface area contributed by atoms with Gasteiger partial charge in [-0.05, 0) is 44.0 Å². The summed E-state index contributed by atoms with van der Waals surface area (Å²) in [6.45, 7) is 1.33. The summed E-state index contributed by atoms with van der Waals surface area (Å²) >= 11 is 0. The fourth-order valence-electron chi connectivity index (χ4n) is 3.34. The number of nitrogens with zero attached hydrogens (tertiary/aromatic N) is 1. The van der Waals surface area contributed by atoms with E-state index in [-0.39, 0.29) is 11.2 Å². The average molecular weight is 357 g/mol.